The number of pyridine rings is 1. The Balaban J connectivity index is 1.47. The second-order valence-electron chi connectivity index (χ2n) is 7.81. The number of aromatic nitrogens is 2. The van der Waals surface area contributed by atoms with E-state index in [0.717, 1.165) is 47.0 Å². The number of H-pyrrole nitrogens is 2. The number of likely N-dealkylation sites (N-methyl/N-ethyl adjacent to an activating group) is 1. The van der Waals surface area contributed by atoms with Crippen molar-refractivity contribution in [3.05, 3.63) is 70.5 Å². The fourth-order valence-electron chi connectivity index (χ4n) is 4.09. The van der Waals surface area contributed by atoms with Crippen molar-refractivity contribution >= 4 is 27.7 Å². The molecule has 3 N–H and O–H groups in total. The minimum Gasteiger partial charge on any atom is -0.354 e. The first-order chi connectivity index (χ1) is 14.1. The highest BCUT2D eigenvalue weighted by molar-refractivity contribution is 5.99. The lowest BCUT2D eigenvalue weighted by atomic mass is 10.1. The summed E-state index contributed by atoms with van der Waals surface area (Å²) in [5, 5.41) is 4.99. The zero-order valence-corrected chi connectivity index (χ0v) is 16.2. The second-order valence-corrected chi connectivity index (χ2v) is 7.81. The molecule has 0 radical (unpaired) electrons. The maximum absolute atomic E-state index is 12.6. The van der Waals surface area contributed by atoms with Gasteiger partial charge in [0.15, 0.2) is 0 Å². The molecule has 1 fully saturated rings. The van der Waals surface area contributed by atoms with Crippen LogP contribution in [-0.2, 0) is 0 Å². The van der Waals surface area contributed by atoms with Gasteiger partial charge in [-0.05, 0) is 61.8 Å². The normalized spacial score (nSPS) is 17.2. The van der Waals surface area contributed by atoms with Gasteiger partial charge in [-0.15, -0.1) is 0 Å². The van der Waals surface area contributed by atoms with E-state index in [1.165, 1.54) is 0 Å². The van der Waals surface area contributed by atoms with Gasteiger partial charge in [0, 0.05) is 34.6 Å². The topological polar surface area (TPSA) is 81.0 Å². The summed E-state index contributed by atoms with van der Waals surface area (Å²) in [6, 6.07) is 17.3. The molecule has 0 spiro atoms. The van der Waals surface area contributed by atoms with Crippen molar-refractivity contribution in [2.75, 3.05) is 20.1 Å². The van der Waals surface area contributed by atoms with Gasteiger partial charge in [0.1, 0.15) is 0 Å². The van der Waals surface area contributed by atoms with E-state index in [-0.39, 0.29) is 17.5 Å². The zero-order chi connectivity index (χ0) is 20.0. The molecule has 2 aromatic heterocycles. The minimum atomic E-state index is -0.140. The molecular weight excluding hydrogens is 364 g/mol. The summed E-state index contributed by atoms with van der Waals surface area (Å²) < 4.78 is 0. The summed E-state index contributed by atoms with van der Waals surface area (Å²) in [6.45, 7) is 1.89. The highest BCUT2D eigenvalue weighted by Gasteiger charge is 2.21. The van der Waals surface area contributed by atoms with Gasteiger partial charge >= 0.3 is 0 Å². The number of benzene rings is 2. The fourth-order valence-corrected chi connectivity index (χ4v) is 4.09. The lowest BCUT2D eigenvalue weighted by Gasteiger charge is -2.12. The van der Waals surface area contributed by atoms with E-state index in [1.54, 1.807) is 0 Å². The average molecular weight is 386 g/mol. The Kier molecular flexibility index (Phi) is 4.21. The van der Waals surface area contributed by atoms with Crippen LogP contribution in [0.25, 0.3) is 33.1 Å². The van der Waals surface area contributed by atoms with Crippen molar-refractivity contribution in [1.29, 1.82) is 0 Å². The number of carbonyl (C=O) groups excluding carboxylic acids is 1. The van der Waals surface area contributed by atoms with E-state index in [9.17, 15) is 9.59 Å². The first-order valence-electron chi connectivity index (χ1n) is 9.81. The molecule has 5 rings (SSSR count). The summed E-state index contributed by atoms with van der Waals surface area (Å²) in [6.07, 6.45) is 0.976. The molecular formula is C23H22N4O2. The summed E-state index contributed by atoms with van der Waals surface area (Å²) in [5.74, 6) is -0.0569. The Labute approximate surface area is 167 Å². The average Bonchev–Trinajstić information content (AvgIpc) is 3.32. The van der Waals surface area contributed by atoms with Crippen LogP contribution in [0, 0.1) is 0 Å². The number of hydrogen-bond acceptors (Lipinski definition) is 3. The van der Waals surface area contributed by atoms with Crippen LogP contribution in [0.1, 0.15) is 16.8 Å². The largest absolute Gasteiger partial charge is 0.354 e. The molecule has 1 saturated heterocycles. The summed E-state index contributed by atoms with van der Waals surface area (Å²) in [7, 11) is 2.06. The van der Waals surface area contributed by atoms with E-state index in [0.29, 0.717) is 11.1 Å². The van der Waals surface area contributed by atoms with Crippen molar-refractivity contribution in [3.8, 4) is 11.3 Å². The van der Waals surface area contributed by atoms with Crippen LogP contribution in [-0.4, -0.2) is 47.0 Å². The van der Waals surface area contributed by atoms with Crippen molar-refractivity contribution in [2.24, 2.45) is 0 Å². The molecule has 0 saturated carbocycles. The Hall–Kier alpha value is -3.38. The maximum Gasteiger partial charge on any atom is 0.257 e. The molecule has 1 aliphatic heterocycles. The summed E-state index contributed by atoms with van der Waals surface area (Å²) in [5.41, 5.74) is 3.52. The van der Waals surface area contributed by atoms with Crippen LogP contribution >= 0.6 is 0 Å². The molecule has 146 valence electrons. The first kappa shape index (κ1) is 17.7. The Morgan fingerprint density at radius 1 is 1.03 bits per heavy atom. The summed E-state index contributed by atoms with van der Waals surface area (Å²) >= 11 is 0. The van der Waals surface area contributed by atoms with Crippen molar-refractivity contribution in [2.45, 2.75) is 12.5 Å². The SMILES string of the molecule is CN1CCC(NC(=O)c2ccc3[nH]c(-c4cc5ccccc5[nH]c4=O)cc3c2)C1. The monoisotopic (exact) mass is 386 g/mol. The second kappa shape index (κ2) is 6.90. The van der Waals surface area contributed by atoms with Gasteiger partial charge in [-0.2, -0.15) is 0 Å². The van der Waals surface area contributed by atoms with E-state index in [4.69, 9.17) is 0 Å². The van der Waals surface area contributed by atoms with Crippen LogP contribution in [0.2, 0.25) is 0 Å². The van der Waals surface area contributed by atoms with Crippen LogP contribution in [0.3, 0.4) is 0 Å². The molecule has 1 atom stereocenters. The van der Waals surface area contributed by atoms with Crippen LogP contribution < -0.4 is 10.9 Å². The third-order valence-electron chi connectivity index (χ3n) is 5.65. The minimum absolute atomic E-state index is 0.0569. The van der Waals surface area contributed by atoms with Gasteiger partial charge in [0.05, 0.1) is 11.3 Å². The van der Waals surface area contributed by atoms with Gasteiger partial charge in [-0.3, -0.25) is 9.59 Å². The summed E-state index contributed by atoms with van der Waals surface area (Å²) in [4.78, 5) is 33.6. The Morgan fingerprint density at radius 3 is 2.69 bits per heavy atom. The smallest absolute Gasteiger partial charge is 0.257 e. The molecule has 29 heavy (non-hydrogen) atoms. The highest BCUT2D eigenvalue weighted by Crippen LogP contribution is 2.25. The predicted molar refractivity (Wildman–Crippen MR) is 115 cm³/mol. The van der Waals surface area contributed by atoms with Gasteiger partial charge in [0.25, 0.3) is 11.5 Å². The number of nitrogens with one attached hydrogen (secondary N) is 3. The van der Waals surface area contributed by atoms with E-state index >= 15 is 0 Å². The molecule has 0 aliphatic carbocycles. The van der Waals surface area contributed by atoms with E-state index in [2.05, 4.69) is 27.2 Å². The van der Waals surface area contributed by atoms with Crippen molar-refractivity contribution < 1.29 is 4.79 Å². The third-order valence-corrected chi connectivity index (χ3v) is 5.65. The highest BCUT2D eigenvalue weighted by atomic mass is 16.1. The van der Waals surface area contributed by atoms with Crippen LogP contribution in [0.5, 0.6) is 0 Å². The van der Waals surface area contributed by atoms with Gasteiger partial charge in [0.2, 0.25) is 0 Å². The fraction of sp³-hybridized carbons (Fsp3) is 0.217. The Morgan fingerprint density at radius 2 is 1.86 bits per heavy atom. The van der Waals surface area contributed by atoms with Crippen molar-refractivity contribution in [1.82, 2.24) is 20.2 Å². The number of rotatable bonds is 3. The maximum atomic E-state index is 12.6. The number of hydrogen-bond donors (Lipinski definition) is 3. The molecule has 1 amide bonds. The van der Waals surface area contributed by atoms with Crippen LogP contribution in [0.4, 0.5) is 0 Å². The van der Waals surface area contributed by atoms with Gasteiger partial charge in [-0.25, -0.2) is 0 Å². The molecule has 2 aromatic carbocycles. The van der Waals surface area contributed by atoms with E-state index in [1.807, 2.05) is 54.6 Å². The number of para-hydroxylation sites is 1. The lowest BCUT2D eigenvalue weighted by molar-refractivity contribution is 0.0938. The molecule has 4 aromatic rings. The Bertz CT molecular complexity index is 1290. The number of fused-ring (bicyclic) bond motifs is 2. The molecule has 0 bridgehead atoms. The van der Waals surface area contributed by atoms with Crippen molar-refractivity contribution in [3.63, 3.8) is 0 Å². The molecule has 6 heteroatoms. The predicted octanol–water partition coefficient (Wildman–Crippen LogP) is 3.11. The lowest BCUT2D eigenvalue weighted by Crippen LogP contribution is -2.36. The molecule has 3 heterocycles. The number of nitrogens with zero attached hydrogens (tertiary/aromatic N) is 1. The first-order valence-corrected chi connectivity index (χ1v) is 9.81. The molecule has 6 nitrogen and oxygen atoms in total. The number of carbonyl (C=O) groups is 1. The van der Waals surface area contributed by atoms with Gasteiger partial charge in [-0.1, -0.05) is 18.2 Å². The standard InChI is InChI=1S/C23H22N4O2/c1-27-9-8-17(13-27)24-22(28)15-6-7-20-16(10-15)12-21(25-20)18-11-14-4-2-3-5-19(14)26-23(18)29/h2-7,10-12,17,25H,8-9,13H2,1H3,(H,24,28)(H,26,29). The molecule has 1 aliphatic rings. The quantitative estimate of drug-likeness (QED) is 0.506. The molecule has 1 unspecified atom stereocenters. The third kappa shape index (κ3) is 3.32. The van der Waals surface area contributed by atoms with Gasteiger partial charge < -0.3 is 20.2 Å². The number of likely N-dealkylation sites (tertiary alicyclic amines) is 1. The number of aromatic amines is 2. The number of amides is 1. The zero-order valence-electron chi connectivity index (χ0n) is 16.2. The van der Waals surface area contributed by atoms with Crippen LogP contribution in [0.15, 0.2) is 59.4 Å². The van der Waals surface area contributed by atoms with E-state index < -0.39 is 0 Å².